The molecule has 0 aliphatic rings. The number of rotatable bonds is 1. The number of nitriles is 1. The van der Waals surface area contributed by atoms with Crippen molar-refractivity contribution in [2.45, 2.75) is 6.42 Å². The van der Waals surface area contributed by atoms with Gasteiger partial charge in [0.25, 0.3) is 0 Å². The van der Waals surface area contributed by atoms with Crippen LogP contribution in [-0.2, 0) is 6.42 Å². The lowest BCUT2D eigenvalue weighted by Crippen LogP contribution is -1.89. The molecule has 21 heavy (non-hydrogen) atoms. The summed E-state index contributed by atoms with van der Waals surface area (Å²) in [6, 6.07) is 21.8. The van der Waals surface area contributed by atoms with E-state index in [9.17, 15) is 0 Å². The fourth-order valence-corrected chi connectivity index (χ4v) is 2.09. The number of hydrogen-bond donors (Lipinski definition) is 0. The van der Waals surface area contributed by atoms with Crippen LogP contribution in [0.5, 0.6) is 0 Å². The van der Waals surface area contributed by atoms with Gasteiger partial charge < -0.3 is 0 Å². The van der Waals surface area contributed by atoms with Crippen molar-refractivity contribution in [2.24, 2.45) is 0 Å². The predicted octanol–water partition coefficient (Wildman–Crippen LogP) is 3.70. The molecule has 0 amide bonds. The van der Waals surface area contributed by atoms with Crippen LogP contribution in [0.25, 0.3) is 10.9 Å². The Balaban J connectivity index is 1.94. The van der Waals surface area contributed by atoms with Crippen molar-refractivity contribution in [3.8, 4) is 17.9 Å². The smallest absolute Gasteiger partial charge is 0.0774 e. The summed E-state index contributed by atoms with van der Waals surface area (Å²) in [6.45, 7) is 0. The van der Waals surface area contributed by atoms with Gasteiger partial charge in [0, 0.05) is 16.5 Å². The average Bonchev–Trinajstić information content (AvgIpc) is 2.54. The van der Waals surface area contributed by atoms with Crippen LogP contribution < -0.4 is 0 Å². The summed E-state index contributed by atoms with van der Waals surface area (Å²) in [5, 5.41) is 9.74. The maximum atomic E-state index is 8.71. The molecule has 0 atom stereocenters. The van der Waals surface area contributed by atoms with E-state index in [1.165, 1.54) is 0 Å². The SMILES string of the molecule is N#CCc1ccc2cc(C#Cc3ccccc3)ccc2n1. The van der Waals surface area contributed by atoms with Gasteiger partial charge in [-0.1, -0.05) is 36.1 Å². The number of aromatic nitrogens is 1. The molecule has 3 rings (SSSR count). The van der Waals surface area contributed by atoms with Crippen molar-refractivity contribution in [2.75, 3.05) is 0 Å². The third-order valence-corrected chi connectivity index (χ3v) is 3.13. The third-order valence-electron chi connectivity index (χ3n) is 3.13. The fraction of sp³-hybridized carbons (Fsp3) is 0.0526. The summed E-state index contributed by atoms with van der Waals surface area (Å²) < 4.78 is 0. The van der Waals surface area contributed by atoms with E-state index in [1.807, 2.05) is 60.7 Å². The molecule has 1 aromatic heterocycles. The van der Waals surface area contributed by atoms with Crippen LogP contribution in [0, 0.1) is 23.2 Å². The highest BCUT2D eigenvalue weighted by Crippen LogP contribution is 2.15. The van der Waals surface area contributed by atoms with Gasteiger partial charge in [-0.05, 0) is 36.4 Å². The lowest BCUT2D eigenvalue weighted by molar-refractivity contribution is 1.15. The Morgan fingerprint density at radius 1 is 0.857 bits per heavy atom. The highest BCUT2D eigenvalue weighted by molar-refractivity contribution is 5.80. The average molecular weight is 268 g/mol. The Labute approximate surface area is 123 Å². The molecule has 0 aliphatic heterocycles. The molecule has 0 N–H and O–H groups in total. The number of benzene rings is 2. The summed E-state index contributed by atoms with van der Waals surface area (Å²) in [4.78, 5) is 4.45. The van der Waals surface area contributed by atoms with Gasteiger partial charge in [-0.25, -0.2) is 0 Å². The first-order chi connectivity index (χ1) is 10.3. The Morgan fingerprint density at radius 3 is 2.48 bits per heavy atom. The van der Waals surface area contributed by atoms with Gasteiger partial charge in [-0.2, -0.15) is 5.26 Å². The van der Waals surface area contributed by atoms with E-state index in [4.69, 9.17) is 5.26 Å². The highest BCUT2D eigenvalue weighted by Gasteiger charge is 1.99. The molecule has 0 aliphatic carbocycles. The molecular formula is C19H12N2. The van der Waals surface area contributed by atoms with Gasteiger partial charge >= 0.3 is 0 Å². The Kier molecular flexibility index (Phi) is 3.63. The quantitative estimate of drug-likeness (QED) is 0.631. The minimum Gasteiger partial charge on any atom is -0.252 e. The Morgan fingerprint density at radius 2 is 1.67 bits per heavy atom. The van der Waals surface area contributed by atoms with Gasteiger partial charge in [-0.15, -0.1) is 0 Å². The molecule has 0 radical (unpaired) electrons. The molecule has 0 saturated heterocycles. The first-order valence-electron chi connectivity index (χ1n) is 6.69. The van der Waals surface area contributed by atoms with Crippen LogP contribution in [0.3, 0.4) is 0 Å². The summed E-state index contributed by atoms with van der Waals surface area (Å²) in [5.41, 5.74) is 3.66. The van der Waals surface area contributed by atoms with Crippen molar-refractivity contribution in [1.82, 2.24) is 4.98 Å². The summed E-state index contributed by atoms with van der Waals surface area (Å²) in [6.07, 6.45) is 0.339. The number of pyridine rings is 1. The molecule has 0 fully saturated rings. The second kappa shape index (κ2) is 5.90. The Hall–Kier alpha value is -3.10. The minimum atomic E-state index is 0.339. The zero-order valence-electron chi connectivity index (χ0n) is 11.4. The van der Waals surface area contributed by atoms with E-state index in [2.05, 4.69) is 22.9 Å². The summed E-state index contributed by atoms with van der Waals surface area (Å²) >= 11 is 0. The second-order valence-electron chi connectivity index (χ2n) is 4.66. The lowest BCUT2D eigenvalue weighted by Gasteiger charge is -2.00. The van der Waals surface area contributed by atoms with Crippen molar-refractivity contribution >= 4 is 10.9 Å². The largest absolute Gasteiger partial charge is 0.252 e. The minimum absolute atomic E-state index is 0.339. The van der Waals surface area contributed by atoms with Crippen LogP contribution in [-0.4, -0.2) is 4.98 Å². The van der Waals surface area contributed by atoms with Gasteiger partial charge in [0.05, 0.1) is 23.7 Å². The third kappa shape index (κ3) is 3.08. The molecule has 0 saturated carbocycles. The predicted molar refractivity (Wildman–Crippen MR) is 83.5 cm³/mol. The lowest BCUT2D eigenvalue weighted by atomic mass is 10.1. The molecule has 1 heterocycles. The van der Waals surface area contributed by atoms with Gasteiger partial charge in [0.2, 0.25) is 0 Å². The molecule has 2 heteroatoms. The van der Waals surface area contributed by atoms with Crippen molar-refractivity contribution in [3.05, 3.63) is 77.5 Å². The normalized spacial score (nSPS) is 9.67. The van der Waals surface area contributed by atoms with Gasteiger partial charge in [0.15, 0.2) is 0 Å². The first-order valence-corrected chi connectivity index (χ1v) is 6.69. The Bertz CT molecular complexity index is 878. The van der Waals surface area contributed by atoms with Crippen LogP contribution in [0.15, 0.2) is 60.7 Å². The van der Waals surface area contributed by atoms with Crippen LogP contribution in [0.2, 0.25) is 0 Å². The van der Waals surface area contributed by atoms with Crippen molar-refractivity contribution < 1.29 is 0 Å². The maximum absolute atomic E-state index is 8.71. The number of hydrogen-bond acceptors (Lipinski definition) is 2. The number of nitrogens with zero attached hydrogens (tertiary/aromatic N) is 2. The first kappa shape index (κ1) is 12.9. The molecule has 2 nitrogen and oxygen atoms in total. The van der Waals surface area contributed by atoms with E-state index in [0.717, 1.165) is 27.7 Å². The maximum Gasteiger partial charge on any atom is 0.0774 e. The molecular weight excluding hydrogens is 256 g/mol. The second-order valence-corrected chi connectivity index (χ2v) is 4.66. The molecule has 98 valence electrons. The molecule has 2 aromatic carbocycles. The van der Waals surface area contributed by atoms with E-state index >= 15 is 0 Å². The van der Waals surface area contributed by atoms with E-state index in [0.29, 0.717) is 6.42 Å². The van der Waals surface area contributed by atoms with E-state index in [1.54, 1.807) is 0 Å². The molecule has 0 bridgehead atoms. The zero-order chi connectivity index (χ0) is 14.5. The number of fused-ring (bicyclic) bond motifs is 1. The molecule has 3 aromatic rings. The fourth-order valence-electron chi connectivity index (χ4n) is 2.09. The van der Waals surface area contributed by atoms with Crippen LogP contribution in [0.4, 0.5) is 0 Å². The summed E-state index contributed by atoms with van der Waals surface area (Å²) in [7, 11) is 0. The zero-order valence-corrected chi connectivity index (χ0v) is 11.4. The molecule has 0 unspecified atom stereocenters. The highest BCUT2D eigenvalue weighted by atomic mass is 14.7. The summed E-state index contributed by atoms with van der Waals surface area (Å²) in [5.74, 6) is 6.31. The van der Waals surface area contributed by atoms with Gasteiger partial charge in [0.1, 0.15) is 0 Å². The van der Waals surface area contributed by atoms with E-state index in [-0.39, 0.29) is 0 Å². The van der Waals surface area contributed by atoms with Gasteiger partial charge in [-0.3, -0.25) is 4.98 Å². The van der Waals surface area contributed by atoms with Crippen LogP contribution >= 0.6 is 0 Å². The van der Waals surface area contributed by atoms with E-state index < -0.39 is 0 Å². The molecule has 0 spiro atoms. The van der Waals surface area contributed by atoms with Crippen molar-refractivity contribution in [3.63, 3.8) is 0 Å². The monoisotopic (exact) mass is 268 g/mol. The topological polar surface area (TPSA) is 36.7 Å². The standard InChI is InChI=1S/C19H12N2/c20-13-12-18-10-9-17-14-16(8-11-19(17)21-18)7-6-15-4-2-1-3-5-15/h1-5,8-11,14H,12H2. The van der Waals surface area contributed by atoms with Crippen molar-refractivity contribution in [1.29, 1.82) is 5.26 Å². The van der Waals surface area contributed by atoms with Crippen LogP contribution in [0.1, 0.15) is 16.8 Å².